The van der Waals surface area contributed by atoms with E-state index in [1.54, 1.807) is 37.2 Å². The number of hydrogen-bond donors (Lipinski definition) is 3. The van der Waals surface area contributed by atoms with E-state index in [9.17, 15) is 8.78 Å². The molecule has 1 aliphatic rings. The second-order valence-corrected chi connectivity index (χ2v) is 8.95. The molecule has 174 valence electrons. The molecule has 0 radical (unpaired) electrons. The zero-order valence-corrected chi connectivity index (χ0v) is 19.3. The van der Waals surface area contributed by atoms with Crippen LogP contribution in [-0.2, 0) is 0 Å². The molecule has 0 atom stereocenters. The fourth-order valence-electron chi connectivity index (χ4n) is 3.20. The van der Waals surface area contributed by atoms with Gasteiger partial charge in [0.05, 0.1) is 23.4 Å². The maximum absolute atomic E-state index is 14.6. The minimum absolute atomic E-state index is 0.299. The highest BCUT2D eigenvalue weighted by molar-refractivity contribution is 8.01. The van der Waals surface area contributed by atoms with Crippen molar-refractivity contribution in [2.45, 2.75) is 25.0 Å². The van der Waals surface area contributed by atoms with Gasteiger partial charge in [-0.1, -0.05) is 0 Å². The molecule has 3 aromatic rings. The van der Waals surface area contributed by atoms with Crippen molar-refractivity contribution in [1.82, 2.24) is 4.98 Å². The summed E-state index contributed by atoms with van der Waals surface area (Å²) in [5.41, 5.74) is 15.8. The molecule has 2 aromatic carbocycles. The molecule has 34 heavy (non-hydrogen) atoms. The summed E-state index contributed by atoms with van der Waals surface area (Å²) in [5.74, 6) is -0.850. The van der Waals surface area contributed by atoms with Gasteiger partial charge in [-0.05, 0) is 85.3 Å². The van der Waals surface area contributed by atoms with Crippen LogP contribution in [0.4, 0.5) is 20.2 Å². The van der Waals surface area contributed by atoms with Crippen LogP contribution in [0.25, 0.3) is 16.7 Å². The van der Waals surface area contributed by atoms with Crippen molar-refractivity contribution >= 4 is 41.1 Å². The molecule has 0 amide bonds. The summed E-state index contributed by atoms with van der Waals surface area (Å²) in [5, 5.41) is 0.571. The van der Waals surface area contributed by atoms with Gasteiger partial charge in [0, 0.05) is 34.3 Å². The molecule has 0 spiro atoms. The number of hydrogen-bond acceptors (Lipinski definition) is 5. The molecular formula is C25H24F2N6S. The summed E-state index contributed by atoms with van der Waals surface area (Å²) in [6, 6.07) is 12.7. The minimum atomic E-state index is -0.632. The number of aromatic nitrogens is 1. The molecule has 1 saturated carbocycles. The van der Waals surface area contributed by atoms with Crippen LogP contribution in [0.1, 0.15) is 31.0 Å². The van der Waals surface area contributed by atoms with Gasteiger partial charge in [-0.25, -0.2) is 18.8 Å². The molecule has 9 heteroatoms. The fraction of sp³-hybridized carbons (Fsp3) is 0.160. The molecule has 5 N–H and O–H groups in total. The first-order chi connectivity index (χ1) is 16.4. The van der Waals surface area contributed by atoms with Crippen molar-refractivity contribution in [2.24, 2.45) is 21.5 Å². The van der Waals surface area contributed by atoms with Gasteiger partial charge in [-0.3, -0.25) is 4.98 Å². The Kier molecular flexibility index (Phi) is 7.22. The fourth-order valence-corrected chi connectivity index (χ4v) is 3.99. The second kappa shape index (κ2) is 10.5. The first-order valence-corrected chi connectivity index (χ1v) is 11.5. The lowest BCUT2D eigenvalue weighted by molar-refractivity contribution is 0.585. The van der Waals surface area contributed by atoms with Crippen LogP contribution < -0.4 is 16.2 Å². The Bertz CT molecular complexity index is 1260. The zero-order valence-electron chi connectivity index (χ0n) is 18.5. The van der Waals surface area contributed by atoms with E-state index in [0.29, 0.717) is 39.2 Å². The predicted molar refractivity (Wildman–Crippen MR) is 137 cm³/mol. The van der Waals surface area contributed by atoms with E-state index in [2.05, 4.69) is 19.7 Å². The van der Waals surface area contributed by atoms with E-state index in [0.717, 1.165) is 17.3 Å². The maximum atomic E-state index is 14.6. The number of rotatable bonds is 8. The quantitative estimate of drug-likeness (QED) is 0.221. The first-order valence-electron chi connectivity index (χ1n) is 10.7. The average Bonchev–Trinajstić information content (AvgIpc) is 3.63. The number of anilines is 1. The van der Waals surface area contributed by atoms with Gasteiger partial charge in [0.15, 0.2) is 0 Å². The molecule has 1 fully saturated rings. The standard InChI is InChI=1S/C25H24F2N6S/c1-15(29)31-14-32-19-3-7-25(30-13-19)23(12-28)17-8-16(22-6-2-18(26)11-24(22)27)9-20(10-17)33-34-21-4-5-21/h2-3,6-14,21,33H,4-5,28H2,1H3,(H2,29,31,32). The number of halogens is 2. The number of benzene rings is 2. The highest BCUT2D eigenvalue weighted by atomic mass is 32.2. The van der Waals surface area contributed by atoms with Crippen LogP contribution in [-0.4, -0.2) is 22.4 Å². The summed E-state index contributed by atoms with van der Waals surface area (Å²) in [4.78, 5) is 12.6. The van der Waals surface area contributed by atoms with E-state index >= 15 is 0 Å². The molecule has 1 aliphatic carbocycles. The number of aliphatic imine (C=N–C) groups is 2. The van der Waals surface area contributed by atoms with Crippen molar-refractivity contribution in [2.75, 3.05) is 4.72 Å². The molecule has 4 rings (SSSR count). The van der Waals surface area contributed by atoms with E-state index in [4.69, 9.17) is 11.5 Å². The molecule has 0 bridgehead atoms. The third kappa shape index (κ3) is 5.99. The molecular weight excluding hydrogens is 454 g/mol. The van der Waals surface area contributed by atoms with Crippen LogP contribution in [0.5, 0.6) is 0 Å². The van der Waals surface area contributed by atoms with Crippen molar-refractivity contribution < 1.29 is 8.78 Å². The van der Waals surface area contributed by atoms with E-state index in [1.807, 2.05) is 18.2 Å². The number of nitrogens with zero attached hydrogens (tertiary/aromatic N) is 3. The van der Waals surface area contributed by atoms with Crippen LogP contribution in [0, 0.1) is 11.6 Å². The SMILES string of the molecule is CC(N)=NC=Nc1ccc(C(=CN)c2cc(NSC3CC3)cc(-c3ccc(F)cc3F)c2)nc1. The average molecular weight is 479 g/mol. The smallest absolute Gasteiger partial charge is 0.133 e. The third-order valence-electron chi connectivity index (χ3n) is 5.01. The summed E-state index contributed by atoms with van der Waals surface area (Å²) in [7, 11) is 0. The Balaban J connectivity index is 1.69. The lowest BCUT2D eigenvalue weighted by Crippen LogP contribution is -2.04. The highest BCUT2D eigenvalue weighted by Gasteiger charge is 2.22. The second-order valence-electron chi connectivity index (χ2n) is 7.84. The Morgan fingerprint density at radius 3 is 2.62 bits per heavy atom. The Hall–Kier alpha value is -3.72. The van der Waals surface area contributed by atoms with Gasteiger partial charge in [0.25, 0.3) is 0 Å². The van der Waals surface area contributed by atoms with Crippen molar-refractivity contribution in [3.8, 4) is 11.1 Å². The summed E-state index contributed by atoms with van der Waals surface area (Å²) in [6.07, 6.45) is 6.76. The van der Waals surface area contributed by atoms with Gasteiger partial charge in [0.2, 0.25) is 0 Å². The van der Waals surface area contributed by atoms with Gasteiger partial charge in [-0.15, -0.1) is 0 Å². The van der Waals surface area contributed by atoms with Crippen molar-refractivity contribution in [1.29, 1.82) is 0 Å². The van der Waals surface area contributed by atoms with Crippen LogP contribution >= 0.6 is 11.9 Å². The van der Waals surface area contributed by atoms with Crippen molar-refractivity contribution in [3.05, 3.63) is 83.8 Å². The highest BCUT2D eigenvalue weighted by Crippen LogP contribution is 2.37. The van der Waals surface area contributed by atoms with Crippen LogP contribution in [0.2, 0.25) is 0 Å². The Morgan fingerprint density at radius 1 is 1.15 bits per heavy atom. The minimum Gasteiger partial charge on any atom is -0.404 e. The Morgan fingerprint density at radius 2 is 1.97 bits per heavy atom. The molecule has 6 nitrogen and oxygen atoms in total. The molecule has 0 unspecified atom stereocenters. The number of nitrogens with one attached hydrogen (secondary N) is 1. The lowest BCUT2D eigenvalue weighted by Gasteiger charge is -2.14. The summed E-state index contributed by atoms with van der Waals surface area (Å²) >= 11 is 1.64. The van der Waals surface area contributed by atoms with Crippen molar-refractivity contribution in [3.63, 3.8) is 0 Å². The number of nitrogens with two attached hydrogens (primary N) is 2. The largest absolute Gasteiger partial charge is 0.404 e. The maximum Gasteiger partial charge on any atom is 0.133 e. The molecule has 1 heterocycles. The lowest BCUT2D eigenvalue weighted by atomic mass is 9.96. The first kappa shape index (κ1) is 23.4. The van der Waals surface area contributed by atoms with E-state index < -0.39 is 11.6 Å². The summed E-state index contributed by atoms with van der Waals surface area (Å²) in [6.45, 7) is 1.67. The van der Waals surface area contributed by atoms with E-state index in [-0.39, 0.29) is 0 Å². The molecule has 0 aliphatic heterocycles. The van der Waals surface area contributed by atoms with Gasteiger partial charge < -0.3 is 16.2 Å². The molecule has 0 saturated heterocycles. The van der Waals surface area contributed by atoms with Crippen LogP contribution in [0.15, 0.2) is 70.9 Å². The zero-order chi connectivity index (χ0) is 24.1. The predicted octanol–water partition coefficient (Wildman–Crippen LogP) is 5.63. The topological polar surface area (TPSA) is 102 Å². The Labute approximate surface area is 201 Å². The monoisotopic (exact) mass is 478 g/mol. The van der Waals surface area contributed by atoms with Crippen LogP contribution in [0.3, 0.4) is 0 Å². The number of amidine groups is 1. The number of pyridine rings is 1. The normalized spacial score (nSPS) is 14.6. The molecule has 1 aromatic heterocycles. The summed E-state index contributed by atoms with van der Waals surface area (Å²) < 4.78 is 31.4. The third-order valence-corrected chi connectivity index (χ3v) is 6.17. The van der Waals surface area contributed by atoms with E-state index in [1.165, 1.54) is 37.5 Å². The van der Waals surface area contributed by atoms with Gasteiger partial charge >= 0.3 is 0 Å². The van der Waals surface area contributed by atoms with Gasteiger partial charge in [-0.2, -0.15) is 0 Å². The van der Waals surface area contributed by atoms with Gasteiger partial charge in [0.1, 0.15) is 18.0 Å².